The largest absolute Gasteiger partial charge is 0.383 e. The predicted octanol–water partition coefficient (Wildman–Crippen LogP) is -0.125. The highest BCUT2D eigenvalue weighted by Gasteiger charge is 2.16. The smallest absolute Gasteiger partial charge is 0.223 e. The van der Waals surface area contributed by atoms with E-state index in [2.05, 4.69) is 20.3 Å². The Bertz CT molecular complexity index is 311. The van der Waals surface area contributed by atoms with Crippen LogP contribution in [0.15, 0.2) is 0 Å². The molecule has 14 heavy (non-hydrogen) atoms. The molecule has 0 radical (unpaired) electrons. The van der Waals surface area contributed by atoms with Crippen molar-refractivity contribution < 1.29 is 4.74 Å². The molecule has 0 spiro atoms. The van der Waals surface area contributed by atoms with Crippen LogP contribution in [0.1, 0.15) is 5.82 Å². The van der Waals surface area contributed by atoms with Gasteiger partial charge in [0.1, 0.15) is 5.82 Å². The monoisotopic (exact) mass is 197 g/mol. The lowest BCUT2D eigenvalue weighted by molar-refractivity contribution is 0.125. The van der Waals surface area contributed by atoms with Crippen LogP contribution in [0, 0.1) is 6.92 Å². The lowest BCUT2D eigenvalue weighted by atomic mass is 10.5. The third kappa shape index (κ3) is 1.85. The van der Waals surface area contributed by atoms with Crippen LogP contribution < -0.4 is 5.32 Å². The Balaban J connectivity index is 1.98. The fourth-order valence-corrected chi connectivity index (χ4v) is 1.48. The van der Waals surface area contributed by atoms with E-state index in [0.29, 0.717) is 0 Å². The quantitative estimate of drug-likeness (QED) is 0.732. The number of ether oxygens (including phenoxy) is 1. The number of aromatic nitrogens is 3. The number of anilines is 1. The van der Waals surface area contributed by atoms with E-state index in [-0.39, 0.29) is 0 Å². The molecule has 2 heterocycles. The molecule has 0 aliphatic carbocycles. The molecule has 0 atom stereocenters. The molecule has 1 aromatic rings. The Morgan fingerprint density at radius 2 is 2.43 bits per heavy atom. The van der Waals surface area contributed by atoms with E-state index in [0.717, 1.165) is 38.3 Å². The third-order valence-corrected chi connectivity index (χ3v) is 2.18. The summed E-state index contributed by atoms with van der Waals surface area (Å²) in [6.07, 6.45) is 0. The summed E-state index contributed by atoms with van der Waals surface area (Å²) in [6.45, 7) is 5.13. The summed E-state index contributed by atoms with van der Waals surface area (Å²) in [5.41, 5.74) is 0. The van der Waals surface area contributed by atoms with E-state index in [9.17, 15) is 0 Å². The molecule has 0 fully saturated rings. The van der Waals surface area contributed by atoms with Gasteiger partial charge in [-0.1, -0.05) is 0 Å². The van der Waals surface area contributed by atoms with E-state index in [4.69, 9.17) is 4.74 Å². The minimum absolute atomic E-state index is 0.741. The van der Waals surface area contributed by atoms with Gasteiger partial charge in [0.25, 0.3) is 0 Å². The molecule has 0 bridgehead atoms. The van der Waals surface area contributed by atoms with Crippen LogP contribution in [-0.2, 0) is 11.4 Å². The average molecular weight is 197 g/mol. The minimum atomic E-state index is 0.741. The second-order valence-corrected chi connectivity index (χ2v) is 3.35. The number of nitrogens with zero attached hydrogens (tertiary/aromatic N) is 4. The van der Waals surface area contributed by atoms with Crippen molar-refractivity contribution in [1.29, 1.82) is 0 Å². The molecular formula is C8H15N5O. The number of methoxy groups -OCH3 is 1. The first-order chi connectivity index (χ1) is 6.79. The number of nitrogens with one attached hydrogen (secondary N) is 1. The van der Waals surface area contributed by atoms with E-state index in [1.807, 2.05) is 11.6 Å². The SMILES string of the molecule is COCCN1CNc2nc(C)nn2C1. The lowest BCUT2D eigenvalue weighted by Gasteiger charge is -2.27. The summed E-state index contributed by atoms with van der Waals surface area (Å²) >= 11 is 0. The Labute approximate surface area is 82.9 Å². The topological polar surface area (TPSA) is 55.2 Å². The fraction of sp³-hybridized carbons (Fsp3) is 0.750. The summed E-state index contributed by atoms with van der Waals surface area (Å²) in [5.74, 6) is 1.66. The highest BCUT2D eigenvalue weighted by Crippen LogP contribution is 2.10. The predicted molar refractivity (Wildman–Crippen MR) is 51.8 cm³/mol. The van der Waals surface area contributed by atoms with E-state index in [1.54, 1.807) is 7.11 Å². The Kier molecular flexibility index (Phi) is 2.64. The minimum Gasteiger partial charge on any atom is -0.383 e. The molecule has 0 amide bonds. The van der Waals surface area contributed by atoms with Gasteiger partial charge in [-0.15, -0.1) is 0 Å². The van der Waals surface area contributed by atoms with Crippen molar-refractivity contribution in [2.24, 2.45) is 0 Å². The summed E-state index contributed by atoms with van der Waals surface area (Å²) in [5, 5.41) is 7.47. The van der Waals surface area contributed by atoms with Crippen molar-refractivity contribution in [2.45, 2.75) is 13.6 Å². The molecule has 6 heteroatoms. The van der Waals surface area contributed by atoms with Gasteiger partial charge in [-0.05, 0) is 6.92 Å². The molecule has 0 saturated heterocycles. The summed E-state index contributed by atoms with van der Waals surface area (Å²) < 4.78 is 6.89. The van der Waals surface area contributed by atoms with Crippen LogP contribution in [0.4, 0.5) is 5.95 Å². The Morgan fingerprint density at radius 3 is 3.21 bits per heavy atom. The van der Waals surface area contributed by atoms with Gasteiger partial charge >= 0.3 is 0 Å². The standard InChI is InChI=1S/C8H15N5O/c1-7-10-8-9-5-12(3-4-14-2)6-13(8)11-7/h3-6H2,1-2H3,(H,9,10,11). The van der Waals surface area contributed by atoms with Gasteiger partial charge in [0.2, 0.25) is 5.95 Å². The van der Waals surface area contributed by atoms with Crippen molar-refractivity contribution in [2.75, 3.05) is 32.2 Å². The summed E-state index contributed by atoms with van der Waals surface area (Å²) in [6, 6.07) is 0. The number of rotatable bonds is 3. The van der Waals surface area contributed by atoms with Crippen LogP contribution in [0.5, 0.6) is 0 Å². The van der Waals surface area contributed by atoms with Crippen LogP contribution >= 0.6 is 0 Å². The van der Waals surface area contributed by atoms with Gasteiger partial charge in [-0.2, -0.15) is 10.1 Å². The van der Waals surface area contributed by atoms with Crippen LogP contribution in [0.3, 0.4) is 0 Å². The molecule has 6 nitrogen and oxygen atoms in total. The Hall–Kier alpha value is -1.14. The summed E-state index contributed by atoms with van der Waals surface area (Å²) in [7, 11) is 1.71. The first-order valence-electron chi connectivity index (χ1n) is 4.66. The molecule has 1 aliphatic heterocycles. The van der Waals surface area contributed by atoms with Crippen molar-refractivity contribution in [3.05, 3.63) is 5.82 Å². The third-order valence-electron chi connectivity index (χ3n) is 2.18. The normalized spacial score (nSPS) is 16.4. The molecular weight excluding hydrogens is 182 g/mol. The second kappa shape index (κ2) is 3.93. The first-order valence-corrected chi connectivity index (χ1v) is 4.66. The van der Waals surface area contributed by atoms with Crippen LogP contribution in [-0.4, -0.2) is 46.6 Å². The van der Waals surface area contributed by atoms with Crippen molar-refractivity contribution in [3.63, 3.8) is 0 Å². The molecule has 0 saturated carbocycles. The molecule has 78 valence electrons. The van der Waals surface area contributed by atoms with E-state index >= 15 is 0 Å². The van der Waals surface area contributed by atoms with Crippen LogP contribution in [0.2, 0.25) is 0 Å². The van der Waals surface area contributed by atoms with Gasteiger partial charge in [-0.25, -0.2) is 4.68 Å². The Morgan fingerprint density at radius 1 is 1.57 bits per heavy atom. The van der Waals surface area contributed by atoms with Gasteiger partial charge in [-0.3, -0.25) is 4.90 Å². The molecule has 2 rings (SSSR count). The second-order valence-electron chi connectivity index (χ2n) is 3.35. The zero-order chi connectivity index (χ0) is 9.97. The van der Waals surface area contributed by atoms with Crippen molar-refractivity contribution >= 4 is 5.95 Å². The fourth-order valence-electron chi connectivity index (χ4n) is 1.48. The number of hydrogen-bond donors (Lipinski definition) is 1. The highest BCUT2D eigenvalue weighted by molar-refractivity contribution is 5.25. The maximum atomic E-state index is 5.02. The van der Waals surface area contributed by atoms with Crippen molar-refractivity contribution in [3.8, 4) is 0 Å². The lowest BCUT2D eigenvalue weighted by Crippen LogP contribution is -2.39. The zero-order valence-electron chi connectivity index (χ0n) is 8.53. The van der Waals surface area contributed by atoms with Gasteiger partial charge in [0.05, 0.1) is 19.9 Å². The number of hydrogen-bond acceptors (Lipinski definition) is 5. The molecule has 0 aromatic carbocycles. The maximum Gasteiger partial charge on any atom is 0.223 e. The zero-order valence-corrected chi connectivity index (χ0v) is 8.53. The van der Waals surface area contributed by atoms with E-state index in [1.165, 1.54) is 0 Å². The maximum absolute atomic E-state index is 5.02. The molecule has 1 aromatic heterocycles. The van der Waals surface area contributed by atoms with E-state index < -0.39 is 0 Å². The summed E-state index contributed by atoms with van der Waals surface area (Å²) in [4.78, 5) is 6.46. The number of fused-ring (bicyclic) bond motifs is 1. The first kappa shape index (κ1) is 9.42. The number of aryl methyl sites for hydroxylation is 1. The highest BCUT2D eigenvalue weighted by atomic mass is 16.5. The molecule has 0 unspecified atom stereocenters. The molecule has 1 aliphatic rings. The van der Waals surface area contributed by atoms with Crippen LogP contribution in [0.25, 0.3) is 0 Å². The molecule has 1 N–H and O–H groups in total. The van der Waals surface area contributed by atoms with Gasteiger partial charge < -0.3 is 10.1 Å². The van der Waals surface area contributed by atoms with Gasteiger partial charge in [0.15, 0.2) is 0 Å². The van der Waals surface area contributed by atoms with Gasteiger partial charge in [0, 0.05) is 13.7 Å². The average Bonchev–Trinajstić information content (AvgIpc) is 2.54. The van der Waals surface area contributed by atoms with Crippen molar-refractivity contribution in [1.82, 2.24) is 19.7 Å².